The van der Waals surface area contributed by atoms with Crippen molar-refractivity contribution < 1.29 is 14.3 Å². The van der Waals surface area contributed by atoms with Gasteiger partial charge in [0.05, 0.1) is 18.5 Å². The van der Waals surface area contributed by atoms with Crippen molar-refractivity contribution in [1.29, 1.82) is 0 Å². The summed E-state index contributed by atoms with van der Waals surface area (Å²) >= 11 is 1.11. The molecule has 0 fully saturated rings. The molecular weight excluding hydrogens is 280 g/mol. The molecule has 8 heteroatoms. The summed E-state index contributed by atoms with van der Waals surface area (Å²) in [5.74, 6) is -0.846. The Bertz CT molecular complexity index is 674. The quantitative estimate of drug-likeness (QED) is 0.685. The van der Waals surface area contributed by atoms with Crippen LogP contribution < -0.4 is 5.32 Å². The molecule has 106 valence electrons. The number of thiazole rings is 1. The van der Waals surface area contributed by atoms with Crippen molar-refractivity contribution in [3.8, 4) is 0 Å². The van der Waals surface area contributed by atoms with Crippen molar-refractivity contribution in [1.82, 2.24) is 14.8 Å². The predicted octanol–water partition coefficient (Wildman–Crippen LogP) is 1.92. The number of Topliss-reactive ketones (excluding diaryl/α,β-unsaturated/α-hetero) is 1. The summed E-state index contributed by atoms with van der Waals surface area (Å²) in [7, 11) is 3.06. The number of esters is 1. The van der Waals surface area contributed by atoms with Crippen LogP contribution in [0.5, 0.6) is 0 Å². The summed E-state index contributed by atoms with van der Waals surface area (Å²) in [5.41, 5.74) is 1.61. The van der Waals surface area contributed by atoms with Crippen molar-refractivity contribution in [3.05, 3.63) is 22.5 Å². The van der Waals surface area contributed by atoms with E-state index in [0.29, 0.717) is 5.13 Å². The van der Waals surface area contributed by atoms with E-state index in [1.54, 1.807) is 17.9 Å². The number of ether oxygens (including phenoxy) is 1. The molecular formula is C12H14N4O3S. The molecule has 0 saturated carbocycles. The number of hydrogen-bond acceptors (Lipinski definition) is 7. The van der Waals surface area contributed by atoms with Crippen LogP contribution in [0, 0.1) is 6.92 Å². The fourth-order valence-corrected chi connectivity index (χ4v) is 2.55. The lowest BCUT2D eigenvalue weighted by atomic mass is 10.3. The van der Waals surface area contributed by atoms with Crippen molar-refractivity contribution in [2.75, 3.05) is 12.4 Å². The number of carbonyl (C=O) groups is 2. The van der Waals surface area contributed by atoms with Crippen LogP contribution in [-0.2, 0) is 11.8 Å². The monoisotopic (exact) mass is 294 g/mol. The molecule has 0 bridgehead atoms. The largest absolute Gasteiger partial charge is 0.464 e. The highest BCUT2D eigenvalue weighted by Crippen LogP contribution is 2.28. The maximum atomic E-state index is 11.6. The molecule has 1 N–H and O–H groups in total. The third kappa shape index (κ3) is 2.69. The highest BCUT2D eigenvalue weighted by molar-refractivity contribution is 7.17. The third-order valence-corrected chi connectivity index (χ3v) is 3.65. The van der Waals surface area contributed by atoms with Crippen LogP contribution in [0.2, 0.25) is 0 Å². The number of ketones is 1. The molecule has 20 heavy (non-hydrogen) atoms. The summed E-state index contributed by atoms with van der Waals surface area (Å²) in [6, 6.07) is 0. The first-order chi connectivity index (χ1) is 9.42. The normalized spacial score (nSPS) is 10.4. The summed E-state index contributed by atoms with van der Waals surface area (Å²) in [6.07, 6.45) is 1.79. The summed E-state index contributed by atoms with van der Waals surface area (Å²) < 4.78 is 6.29. The number of rotatable bonds is 4. The second-order valence-electron chi connectivity index (χ2n) is 4.17. The average molecular weight is 294 g/mol. The van der Waals surface area contributed by atoms with E-state index in [1.165, 1.54) is 14.0 Å². The van der Waals surface area contributed by atoms with Crippen molar-refractivity contribution >= 4 is 33.9 Å². The highest BCUT2D eigenvalue weighted by Gasteiger charge is 2.22. The van der Waals surface area contributed by atoms with Gasteiger partial charge in [0, 0.05) is 20.2 Å². The third-order valence-electron chi connectivity index (χ3n) is 2.58. The van der Waals surface area contributed by atoms with E-state index < -0.39 is 5.97 Å². The minimum absolute atomic E-state index is 0.0362. The molecule has 0 aliphatic rings. The van der Waals surface area contributed by atoms with E-state index in [-0.39, 0.29) is 16.4 Å². The number of anilines is 2. The number of nitrogens with zero attached hydrogens (tertiary/aromatic N) is 3. The molecule has 2 aromatic heterocycles. The molecule has 0 spiro atoms. The van der Waals surface area contributed by atoms with Gasteiger partial charge in [0.25, 0.3) is 0 Å². The van der Waals surface area contributed by atoms with E-state index in [4.69, 9.17) is 0 Å². The predicted molar refractivity (Wildman–Crippen MR) is 74.7 cm³/mol. The van der Waals surface area contributed by atoms with Crippen LogP contribution >= 0.6 is 11.3 Å². The van der Waals surface area contributed by atoms with Gasteiger partial charge in [-0.25, -0.2) is 9.78 Å². The molecule has 2 aromatic rings. The smallest absolute Gasteiger partial charge is 0.358 e. The fourth-order valence-electron chi connectivity index (χ4n) is 1.68. The van der Waals surface area contributed by atoms with E-state index in [2.05, 4.69) is 20.1 Å². The Balaban J connectivity index is 2.36. The first kappa shape index (κ1) is 14.2. The number of nitrogens with one attached hydrogen (secondary N) is 1. The maximum absolute atomic E-state index is 11.6. The molecule has 2 rings (SSSR count). The van der Waals surface area contributed by atoms with Crippen LogP contribution in [0.3, 0.4) is 0 Å². The molecule has 0 aromatic carbocycles. The zero-order chi connectivity index (χ0) is 14.9. The Morgan fingerprint density at radius 3 is 2.65 bits per heavy atom. The lowest BCUT2D eigenvalue weighted by Crippen LogP contribution is -2.07. The van der Waals surface area contributed by atoms with Gasteiger partial charge >= 0.3 is 5.97 Å². The summed E-state index contributed by atoms with van der Waals surface area (Å²) in [6.45, 7) is 3.24. The van der Waals surface area contributed by atoms with E-state index >= 15 is 0 Å². The standard InChI is InChI=1S/C12H14N4O3S/c1-6-8(5-16(3)15-6)13-12-14-9(11(18)19-4)10(20-12)7(2)17/h5H,1-4H3,(H,13,14). The van der Waals surface area contributed by atoms with Crippen molar-refractivity contribution in [3.63, 3.8) is 0 Å². The Kier molecular flexibility index (Phi) is 3.84. The minimum Gasteiger partial charge on any atom is -0.464 e. The Labute approximate surface area is 119 Å². The zero-order valence-electron chi connectivity index (χ0n) is 11.6. The molecule has 0 atom stereocenters. The summed E-state index contributed by atoms with van der Waals surface area (Å²) in [5, 5.41) is 7.70. The molecule has 2 heterocycles. The molecule has 0 radical (unpaired) electrons. The second-order valence-corrected chi connectivity index (χ2v) is 5.17. The zero-order valence-corrected chi connectivity index (χ0v) is 12.4. The number of aromatic nitrogens is 3. The summed E-state index contributed by atoms with van der Waals surface area (Å²) in [4.78, 5) is 27.5. The van der Waals surface area contributed by atoms with Crippen LogP contribution in [0.1, 0.15) is 32.8 Å². The number of hydrogen-bond donors (Lipinski definition) is 1. The molecule has 0 saturated heterocycles. The Morgan fingerprint density at radius 2 is 2.15 bits per heavy atom. The average Bonchev–Trinajstić information content (AvgIpc) is 2.93. The lowest BCUT2D eigenvalue weighted by molar-refractivity contribution is 0.0591. The SMILES string of the molecule is COC(=O)c1nc(Nc2cn(C)nc2C)sc1C(C)=O. The van der Waals surface area contributed by atoms with Crippen LogP contribution in [0.4, 0.5) is 10.8 Å². The number of carbonyl (C=O) groups excluding carboxylic acids is 2. The number of methoxy groups -OCH3 is 1. The van der Waals surface area contributed by atoms with Gasteiger partial charge in [-0.15, -0.1) is 0 Å². The van der Waals surface area contributed by atoms with Gasteiger partial charge in [0.15, 0.2) is 16.6 Å². The molecule has 0 amide bonds. The van der Waals surface area contributed by atoms with Crippen molar-refractivity contribution in [2.24, 2.45) is 7.05 Å². The molecule has 0 aliphatic carbocycles. The lowest BCUT2D eigenvalue weighted by Gasteiger charge is -1.98. The Morgan fingerprint density at radius 1 is 1.45 bits per heavy atom. The van der Waals surface area contributed by atoms with Crippen LogP contribution in [-0.4, -0.2) is 33.6 Å². The fraction of sp³-hybridized carbons (Fsp3) is 0.333. The van der Waals surface area contributed by atoms with E-state index in [1.807, 2.05) is 6.92 Å². The van der Waals surface area contributed by atoms with Gasteiger partial charge in [0.2, 0.25) is 0 Å². The topological polar surface area (TPSA) is 86.1 Å². The van der Waals surface area contributed by atoms with Crippen LogP contribution in [0.15, 0.2) is 6.20 Å². The Hall–Kier alpha value is -2.22. The van der Waals surface area contributed by atoms with Gasteiger partial charge in [-0.3, -0.25) is 9.48 Å². The first-order valence-corrected chi connectivity index (χ1v) is 6.61. The molecule has 0 unspecified atom stereocenters. The maximum Gasteiger partial charge on any atom is 0.358 e. The van der Waals surface area contributed by atoms with Crippen LogP contribution in [0.25, 0.3) is 0 Å². The van der Waals surface area contributed by atoms with Crippen molar-refractivity contribution in [2.45, 2.75) is 13.8 Å². The molecule has 0 aliphatic heterocycles. The van der Waals surface area contributed by atoms with Gasteiger partial charge in [-0.2, -0.15) is 5.10 Å². The van der Waals surface area contributed by atoms with E-state index in [9.17, 15) is 9.59 Å². The van der Waals surface area contributed by atoms with Gasteiger partial charge < -0.3 is 10.1 Å². The van der Waals surface area contributed by atoms with Gasteiger partial charge in [0.1, 0.15) is 4.88 Å². The number of aryl methyl sites for hydroxylation is 2. The molecule has 7 nitrogen and oxygen atoms in total. The minimum atomic E-state index is -0.623. The van der Waals surface area contributed by atoms with E-state index in [0.717, 1.165) is 22.7 Å². The highest BCUT2D eigenvalue weighted by atomic mass is 32.1. The van der Waals surface area contributed by atoms with Gasteiger partial charge in [-0.1, -0.05) is 11.3 Å². The second kappa shape index (κ2) is 5.41. The van der Waals surface area contributed by atoms with Gasteiger partial charge in [-0.05, 0) is 6.92 Å². The first-order valence-electron chi connectivity index (χ1n) is 5.79.